The van der Waals surface area contributed by atoms with E-state index in [2.05, 4.69) is 31.1 Å². The average molecular weight is 325 g/mol. The summed E-state index contributed by atoms with van der Waals surface area (Å²) in [6, 6.07) is 9.82. The number of nitrogens with zero attached hydrogens (tertiary/aromatic N) is 3. The van der Waals surface area contributed by atoms with Gasteiger partial charge < -0.3 is 4.52 Å². The van der Waals surface area contributed by atoms with Gasteiger partial charge in [0, 0.05) is 9.86 Å². The molecule has 0 saturated heterocycles. The Hall–Kier alpha value is -1.46. The molecule has 90 valence electrons. The lowest BCUT2D eigenvalue weighted by atomic mass is 10.2. The minimum Gasteiger partial charge on any atom is -0.338 e. The highest BCUT2D eigenvalue weighted by Gasteiger charge is 2.13. The number of hydrogen-bond acceptors (Lipinski definition) is 4. The molecule has 0 bridgehead atoms. The summed E-state index contributed by atoms with van der Waals surface area (Å²) in [4.78, 5) is 8.68. The second kappa shape index (κ2) is 4.66. The van der Waals surface area contributed by atoms with Gasteiger partial charge in [0.05, 0.1) is 5.52 Å². The summed E-state index contributed by atoms with van der Waals surface area (Å²) in [5, 5.41) is 4.91. The second-order valence-corrected chi connectivity index (χ2v) is 4.78. The lowest BCUT2D eigenvalue weighted by Gasteiger charge is -2.02. The summed E-state index contributed by atoms with van der Waals surface area (Å²) in [5.41, 5.74) is 1.53. The molecule has 2 aromatic heterocycles. The molecule has 3 aromatic rings. The van der Waals surface area contributed by atoms with Gasteiger partial charge in [0.15, 0.2) is 0 Å². The van der Waals surface area contributed by atoms with Crippen molar-refractivity contribution in [2.24, 2.45) is 0 Å². The molecule has 0 aliphatic heterocycles. The first-order valence-corrected chi connectivity index (χ1v) is 6.55. The fraction of sp³-hybridized carbons (Fsp3) is 0.0833. The summed E-state index contributed by atoms with van der Waals surface area (Å²) in [6.45, 7) is 0. The third-order valence-electron chi connectivity index (χ3n) is 2.47. The molecule has 0 aliphatic rings. The highest BCUT2D eigenvalue weighted by atomic mass is 79.9. The Labute approximate surface area is 116 Å². The average Bonchev–Trinajstić information content (AvgIpc) is 2.86. The molecule has 0 spiro atoms. The Bertz CT molecular complexity index is 713. The number of hydrogen-bond donors (Lipinski definition) is 0. The Kier molecular flexibility index (Phi) is 3.01. The van der Waals surface area contributed by atoms with Crippen molar-refractivity contribution in [3.05, 3.63) is 40.7 Å². The van der Waals surface area contributed by atoms with E-state index in [1.165, 1.54) is 0 Å². The van der Waals surface area contributed by atoms with Gasteiger partial charge in [-0.1, -0.05) is 23.4 Å². The van der Waals surface area contributed by atoms with Crippen LogP contribution >= 0.6 is 27.5 Å². The van der Waals surface area contributed by atoms with Gasteiger partial charge in [0.25, 0.3) is 0 Å². The van der Waals surface area contributed by atoms with Crippen LogP contribution in [0.2, 0.25) is 0 Å². The molecule has 18 heavy (non-hydrogen) atoms. The maximum atomic E-state index is 5.63. The molecule has 0 atom stereocenters. The monoisotopic (exact) mass is 323 g/mol. The first-order chi connectivity index (χ1) is 8.78. The number of pyridine rings is 1. The summed E-state index contributed by atoms with van der Waals surface area (Å²) in [5.74, 6) is 1.01. The Balaban J connectivity index is 2.19. The standard InChI is InChI=1S/C12H7BrClN3O/c13-8-5-7-3-1-2-4-9(7)15-11(8)12-16-10(6-14)18-17-12/h1-5H,6H2. The van der Waals surface area contributed by atoms with Gasteiger partial charge in [-0.3, -0.25) is 0 Å². The molecule has 0 unspecified atom stereocenters. The maximum absolute atomic E-state index is 5.63. The van der Waals surface area contributed by atoms with Gasteiger partial charge >= 0.3 is 0 Å². The van der Waals surface area contributed by atoms with Crippen LogP contribution in [0.5, 0.6) is 0 Å². The topological polar surface area (TPSA) is 51.8 Å². The van der Waals surface area contributed by atoms with E-state index >= 15 is 0 Å². The summed E-state index contributed by atoms with van der Waals surface area (Å²) in [7, 11) is 0. The van der Waals surface area contributed by atoms with Crippen LogP contribution in [0.1, 0.15) is 5.89 Å². The van der Waals surface area contributed by atoms with Gasteiger partial charge in [0.2, 0.25) is 11.7 Å². The number of para-hydroxylation sites is 1. The molecular formula is C12H7BrClN3O. The molecule has 0 fully saturated rings. The van der Waals surface area contributed by atoms with E-state index in [9.17, 15) is 0 Å². The van der Waals surface area contributed by atoms with E-state index in [0.717, 1.165) is 15.4 Å². The van der Waals surface area contributed by atoms with Crippen molar-refractivity contribution in [1.82, 2.24) is 15.1 Å². The predicted octanol–water partition coefficient (Wildman–Crippen LogP) is 3.79. The van der Waals surface area contributed by atoms with Crippen LogP contribution in [0.4, 0.5) is 0 Å². The fourth-order valence-corrected chi connectivity index (χ4v) is 2.27. The molecular weight excluding hydrogens is 318 g/mol. The van der Waals surface area contributed by atoms with Crippen molar-refractivity contribution in [2.75, 3.05) is 0 Å². The number of rotatable bonds is 2. The van der Waals surface area contributed by atoms with Gasteiger partial charge in [-0.15, -0.1) is 11.6 Å². The van der Waals surface area contributed by atoms with Crippen molar-refractivity contribution < 1.29 is 4.52 Å². The van der Waals surface area contributed by atoms with E-state index < -0.39 is 0 Å². The van der Waals surface area contributed by atoms with Crippen LogP contribution in [-0.2, 0) is 5.88 Å². The number of halogens is 2. The van der Waals surface area contributed by atoms with E-state index in [4.69, 9.17) is 16.1 Å². The summed E-state index contributed by atoms with van der Waals surface area (Å²) >= 11 is 9.10. The number of alkyl halides is 1. The normalized spacial score (nSPS) is 11.0. The van der Waals surface area contributed by atoms with Crippen LogP contribution in [0.25, 0.3) is 22.4 Å². The van der Waals surface area contributed by atoms with Crippen molar-refractivity contribution in [3.8, 4) is 11.5 Å². The zero-order valence-electron chi connectivity index (χ0n) is 9.10. The fourth-order valence-electron chi connectivity index (χ4n) is 1.65. The minimum absolute atomic E-state index is 0.193. The van der Waals surface area contributed by atoms with Crippen LogP contribution in [0.15, 0.2) is 39.3 Å². The first kappa shape index (κ1) is 11.6. The van der Waals surface area contributed by atoms with E-state index in [-0.39, 0.29) is 5.88 Å². The maximum Gasteiger partial charge on any atom is 0.241 e. The molecule has 0 aliphatic carbocycles. The molecule has 0 saturated carbocycles. The summed E-state index contributed by atoms with van der Waals surface area (Å²) in [6.07, 6.45) is 0. The summed E-state index contributed by atoms with van der Waals surface area (Å²) < 4.78 is 5.80. The van der Waals surface area contributed by atoms with Crippen LogP contribution in [-0.4, -0.2) is 15.1 Å². The number of aromatic nitrogens is 3. The second-order valence-electron chi connectivity index (χ2n) is 3.66. The van der Waals surface area contributed by atoms with E-state index in [1.807, 2.05) is 30.3 Å². The zero-order valence-corrected chi connectivity index (χ0v) is 11.4. The molecule has 0 radical (unpaired) electrons. The van der Waals surface area contributed by atoms with Gasteiger partial charge in [-0.2, -0.15) is 4.98 Å². The molecule has 3 rings (SSSR count). The molecule has 0 N–H and O–H groups in total. The van der Waals surface area contributed by atoms with Gasteiger partial charge in [-0.05, 0) is 28.1 Å². The van der Waals surface area contributed by atoms with Gasteiger partial charge in [0.1, 0.15) is 11.6 Å². The van der Waals surface area contributed by atoms with Gasteiger partial charge in [-0.25, -0.2) is 4.98 Å². The smallest absolute Gasteiger partial charge is 0.241 e. The van der Waals surface area contributed by atoms with E-state index in [1.54, 1.807) is 0 Å². The van der Waals surface area contributed by atoms with Crippen molar-refractivity contribution in [3.63, 3.8) is 0 Å². The molecule has 2 heterocycles. The SMILES string of the molecule is ClCc1nc(-c2nc3ccccc3cc2Br)no1. The Morgan fingerprint density at radius 2 is 2.06 bits per heavy atom. The highest BCUT2D eigenvalue weighted by Crippen LogP contribution is 2.27. The number of benzene rings is 1. The third-order valence-corrected chi connectivity index (χ3v) is 3.30. The highest BCUT2D eigenvalue weighted by molar-refractivity contribution is 9.10. The Morgan fingerprint density at radius 1 is 1.22 bits per heavy atom. The lowest BCUT2D eigenvalue weighted by Crippen LogP contribution is -1.89. The zero-order chi connectivity index (χ0) is 12.5. The molecule has 1 aromatic carbocycles. The lowest BCUT2D eigenvalue weighted by molar-refractivity contribution is 0.391. The molecule has 0 amide bonds. The Morgan fingerprint density at radius 3 is 2.83 bits per heavy atom. The van der Waals surface area contributed by atoms with Crippen LogP contribution in [0, 0.1) is 0 Å². The molecule has 4 nitrogen and oxygen atoms in total. The molecule has 6 heteroatoms. The van der Waals surface area contributed by atoms with E-state index in [0.29, 0.717) is 17.4 Å². The van der Waals surface area contributed by atoms with Crippen LogP contribution in [0.3, 0.4) is 0 Å². The van der Waals surface area contributed by atoms with Crippen molar-refractivity contribution in [1.29, 1.82) is 0 Å². The first-order valence-electron chi connectivity index (χ1n) is 5.22. The minimum atomic E-state index is 0.193. The third kappa shape index (κ3) is 2.00. The largest absolute Gasteiger partial charge is 0.338 e. The van der Waals surface area contributed by atoms with Crippen molar-refractivity contribution in [2.45, 2.75) is 5.88 Å². The van der Waals surface area contributed by atoms with Crippen LogP contribution < -0.4 is 0 Å². The van der Waals surface area contributed by atoms with Crippen molar-refractivity contribution >= 4 is 38.4 Å². The quantitative estimate of drug-likeness (QED) is 0.673. The predicted molar refractivity (Wildman–Crippen MR) is 72.3 cm³/mol. The number of fused-ring (bicyclic) bond motifs is 1.